The van der Waals surface area contributed by atoms with Crippen molar-refractivity contribution in [2.45, 2.75) is 45.1 Å². The van der Waals surface area contributed by atoms with Crippen molar-refractivity contribution >= 4 is 11.8 Å². The molecule has 0 aromatic heterocycles. The molecule has 0 aliphatic carbocycles. The minimum atomic E-state index is -0.611. The lowest BCUT2D eigenvalue weighted by Crippen LogP contribution is -2.52. The van der Waals surface area contributed by atoms with Gasteiger partial charge in [0.1, 0.15) is 12.0 Å². The van der Waals surface area contributed by atoms with Crippen LogP contribution in [0, 0.1) is 17.2 Å². The highest BCUT2D eigenvalue weighted by molar-refractivity contribution is 5.89. The molecule has 1 N–H and O–H groups in total. The van der Waals surface area contributed by atoms with Gasteiger partial charge in [-0.2, -0.15) is 5.26 Å². The number of carbonyl (C=O) groups is 2. The van der Waals surface area contributed by atoms with Gasteiger partial charge in [-0.15, -0.1) is 0 Å². The van der Waals surface area contributed by atoms with Crippen LogP contribution in [0.3, 0.4) is 0 Å². The summed E-state index contributed by atoms with van der Waals surface area (Å²) in [7, 11) is 1.58. The van der Waals surface area contributed by atoms with Crippen LogP contribution in [-0.2, 0) is 9.59 Å². The average molecular weight is 251 g/mol. The lowest BCUT2D eigenvalue weighted by atomic mass is 9.97. The van der Waals surface area contributed by atoms with Gasteiger partial charge in [-0.3, -0.25) is 9.59 Å². The van der Waals surface area contributed by atoms with E-state index in [-0.39, 0.29) is 11.8 Å². The summed E-state index contributed by atoms with van der Waals surface area (Å²) in [5, 5.41) is 11.6. The van der Waals surface area contributed by atoms with E-state index in [1.54, 1.807) is 11.9 Å². The molecule has 1 aliphatic rings. The van der Waals surface area contributed by atoms with Crippen LogP contribution in [0.25, 0.3) is 0 Å². The first kappa shape index (κ1) is 14.5. The topological polar surface area (TPSA) is 73.2 Å². The molecule has 5 heteroatoms. The summed E-state index contributed by atoms with van der Waals surface area (Å²) < 4.78 is 0. The standard InChI is InChI=1S/C13H21N3O2/c1-3-6-10(9-14)13(18)16-8-5-4-7-11(16)12(17)15-2/h10-11H,3-8H2,1-2H3,(H,15,17). The predicted octanol–water partition coefficient (Wildman–Crippen LogP) is 1.05. The number of likely N-dealkylation sites (tertiary alicyclic amines) is 1. The smallest absolute Gasteiger partial charge is 0.242 e. The zero-order chi connectivity index (χ0) is 13.5. The number of rotatable bonds is 4. The molecule has 2 unspecified atom stereocenters. The highest BCUT2D eigenvalue weighted by Gasteiger charge is 2.34. The van der Waals surface area contributed by atoms with Crippen LogP contribution < -0.4 is 5.32 Å². The third kappa shape index (κ3) is 3.22. The third-order valence-electron chi connectivity index (χ3n) is 3.37. The summed E-state index contributed by atoms with van der Waals surface area (Å²) in [6, 6.07) is 1.66. The molecule has 18 heavy (non-hydrogen) atoms. The van der Waals surface area contributed by atoms with Gasteiger partial charge in [0.05, 0.1) is 6.07 Å². The maximum atomic E-state index is 12.3. The van der Waals surface area contributed by atoms with Gasteiger partial charge in [0.2, 0.25) is 11.8 Å². The van der Waals surface area contributed by atoms with Crippen LogP contribution >= 0.6 is 0 Å². The van der Waals surface area contributed by atoms with E-state index >= 15 is 0 Å². The molecule has 0 radical (unpaired) electrons. The quantitative estimate of drug-likeness (QED) is 0.811. The number of nitriles is 1. The molecule has 0 spiro atoms. The van der Waals surface area contributed by atoms with Gasteiger partial charge >= 0.3 is 0 Å². The Hall–Kier alpha value is -1.57. The Labute approximate surface area is 108 Å². The molecule has 0 aromatic carbocycles. The molecular weight excluding hydrogens is 230 g/mol. The number of amides is 2. The first-order valence-corrected chi connectivity index (χ1v) is 6.57. The zero-order valence-electron chi connectivity index (χ0n) is 11.1. The summed E-state index contributed by atoms with van der Waals surface area (Å²) in [4.78, 5) is 25.6. The lowest BCUT2D eigenvalue weighted by molar-refractivity contribution is -0.144. The van der Waals surface area contributed by atoms with E-state index in [0.717, 1.165) is 19.3 Å². The summed E-state index contributed by atoms with van der Waals surface area (Å²) in [5.74, 6) is -0.927. The molecule has 2 amide bonds. The van der Waals surface area contributed by atoms with Crippen molar-refractivity contribution < 1.29 is 9.59 Å². The molecule has 1 aliphatic heterocycles. The summed E-state index contributed by atoms with van der Waals surface area (Å²) in [6.07, 6.45) is 3.90. The molecule has 0 saturated carbocycles. The fourth-order valence-electron chi connectivity index (χ4n) is 2.37. The molecule has 100 valence electrons. The van der Waals surface area contributed by atoms with Gasteiger partial charge in [0.25, 0.3) is 0 Å². The number of likely N-dealkylation sites (N-methyl/N-ethyl adjacent to an activating group) is 1. The number of hydrogen-bond acceptors (Lipinski definition) is 3. The molecule has 0 bridgehead atoms. The van der Waals surface area contributed by atoms with Crippen LogP contribution in [0.15, 0.2) is 0 Å². The van der Waals surface area contributed by atoms with Crippen LogP contribution in [0.4, 0.5) is 0 Å². The molecule has 5 nitrogen and oxygen atoms in total. The summed E-state index contributed by atoms with van der Waals surface area (Å²) >= 11 is 0. The Morgan fingerprint density at radius 2 is 2.22 bits per heavy atom. The van der Waals surface area contributed by atoms with Gasteiger partial charge < -0.3 is 10.2 Å². The number of nitrogens with one attached hydrogen (secondary N) is 1. The minimum Gasteiger partial charge on any atom is -0.357 e. The largest absolute Gasteiger partial charge is 0.357 e. The van der Waals surface area contributed by atoms with Gasteiger partial charge in [0, 0.05) is 13.6 Å². The second-order valence-corrected chi connectivity index (χ2v) is 4.63. The maximum absolute atomic E-state index is 12.3. The summed E-state index contributed by atoms with van der Waals surface area (Å²) in [5.41, 5.74) is 0. The van der Waals surface area contributed by atoms with Crippen molar-refractivity contribution in [2.75, 3.05) is 13.6 Å². The van der Waals surface area contributed by atoms with Crippen LogP contribution in [0.5, 0.6) is 0 Å². The van der Waals surface area contributed by atoms with Crippen molar-refractivity contribution in [3.8, 4) is 6.07 Å². The average Bonchev–Trinajstić information content (AvgIpc) is 2.43. The van der Waals surface area contributed by atoms with Crippen molar-refractivity contribution in [1.29, 1.82) is 5.26 Å². The minimum absolute atomic E-state index is 0.128. The first-order chi connectivity index (χ1) is 8.65. The second-order valence-electron chi connectivity index (χ2n) is 4.63. The van der Waals surface area contributed by atoms with Crippen molar-refractivity contribution in [1.82, 2.24) is 10.2 Å². The Morgan fingerprint density at radius 3 is 2.78 bits per heavy atom. The third-order valence-corrected chi connectivity index (χ3v) is 3.37. The summed E-state index contributed by atoms with van der Waals surface area (Å²) in [6.45, 7) is 2.53. The van der Waals surface area contributed by atoms with Crippen LogP contribution in [-0.4, -0.2) is 36.3 Å². The normalized spacial score (nSPS) is 20.9. The van der Waals surface area contributed by atoms with Crippen molar-refractivity contribution in [3.63, 3.8) is 0 Å². The monoisotopic (exact) mass is 251 g/mol. The molecular formula is C13H21N3O2. The lowest BCUT2D eigenvalue weighted by Gasteiger charge is -2.35. The highest BCUT2D eigenvalue weighted by atomic mass is 16.2. The fourth-order valence-corrected chi connectivity index (χ4v) is 2.37. The van der Waals surface area contributed by atoms with E-state index < -0.39 is 12.0 Å². The predicted molar refractivity (Wildman–Crippen MR) is 67.4 cm³/mol. The Kier molecular flexibility index (Phi) is 5.63. The van der Waals surface area contributed by atoms with E-state index in [4.69, 9.17) is 5.26 Å². The van der Waals surface area contributed by atoms with E-state index in [1.807, 2.05) is 6.92 Å². The van der Waals surface area contributed by atoms with E-state index in [2.05, 4.69) is 11.4 Å². The van der Waals surface area contributed by atoms with Crippen LogP contribution in [0.1, 0.15) is 39.0 Å². The zero-order valence-corrected chi connectivity index (χ0v) is 11.1. The molecule has 1 fully saturated rings. The van der Waals surface area contributed by atoms with Gasteiger partial charge in [-0.1, -0.05) is 13.3 Å². The Balaban J connectivity index is 2.80. The number of nitrogens with zero attached hydrogens (tertiary/aromatic N) is 2. The van der Waals surface area contributed by atoms with Crippen LogP contribution in [0.2, 0.25) is 0 Å². The van der Waals surface area contributed by atoms with Gasteiger partial charge in [-0.05, 0) is 25.7 Å². The highest BCUT2D eigenvalue weighted by Crippen LogP contribution is 2.21. The fraction of sp³-hybridized carbons (Fsp3) is 0.769. The number of hydrogen-bond donors (Lipinski definition) is 1. The van der Waals surface area contributed by atoms with Crippen molar-refractivity contribution in [3.05, 3.63) is 0 Å². The van der Waals surface area contributed by atoms with E-state index in [1.165, 1.54) is 0 Å². The molecule has 1 heterocycles. The first-order valence-electron chi connectivity index (χ1n) is 6.57. The molecule has 1 saturated heterocycles. The Bertz CT molecular complexity index is 349. The second kappa shape index (κ2) is 7.00. The molecule has 2 atom stereocenters. The molecule has 0 aromatic rings. The SMILES string of the molecule is CCCC(C#N)C(=O)N1CCCCC1C(=O)NC. The van der Waals surface area contributed by atoms with Gasteiger partial charge in [0.15, 0.2) is 0 Å². The van der Waals surface area contributed by atoms with Gasteiger partial charge in [-0.25, -0.2) is 0 Å². The Morgan fingerprint density at radius 1 is 1.50 bits per heavy atom. The number of carbonyl (C=O) groups excluding carboxylic acids is 2. The van der Waals surface area contributed by atoms with E-state index in [9.17, 15) is 9.59 Å². The van der Waals surface area contributed by atoms with E-state index in [0.29, 0.717) is 19.4 Å². The number of piperidine rings is 1. The van der Waals surface area contributed by atoms with Crippen molar-refractivity contribution in [2.24, 2.45) is 5.92 Å². The maximum Gasteiger partial charge on any atom is 0.242 e. The molecule has 1 rings (SSSR count).